The number of rotatable bonds is 4. The molecule has 2 rings (SSSR count). The van der Waals surface area contributed by atoms with Crippen molar-refractivity contribution >= 4 is 5.91 Å². The summed E-state index contributed by atoms with van der Waals surface area (Å²) in [5.74, 6) is -0.550. The molecule has 1 fully saturated rings. The van der Waals surface area contributed by atoms with Crippen molar-refractivity contribution in [1.82, 2.24) is 9.80 Å². The van der Waals surface area contributed by atoms with E-state index in [2.05, 4.69) is 4.90 Å². The van der Waals surface area contributed by atoms with Gasteiger partial charge in [-0.1, -0.05) is 12.1 Å². The van der Waals surface area contributed by atoms with Gasteiger partial charge in [-0.3, -0.25) is 9.69 Å². The molecule has 1 aliphatic rings. The lowest BCUT2D eigenvalue weighted by molar-refractivity contribution is -0.138. The van der Waals surface area contributed by atoms with Crippen molar-refractivity contribution in [1.29, 1.82) is 0 Å². The van der Waals surface area contributed by atoms with Crippen LogP contribution in [0.2, 0.25) is 0 Å². The monoisotopic (exact) mass is 330 g/mol. The molecule has 23 heavy (non-hydrogen) atoms. The molecule has 1 saturated heterocycles. The third kappa shape index (κ3) is 4.68. The fourth-order valence-corrected chi connectivity index (χ4v) is 2.71. The van der Waals surface area contributed by atoms with E-state index < -0.39 is 17.6 Å². The number of nitrogens with zero attached hydrogens (tertiary/aromatic N) is 2. The first-order chi connectivity index (χ1) is 10.9. The molecule has 0 radical (unpaired) electrons. The van der Waals surface area contributed by atoms with Gasteiger partial charge in [0, 0.05) is 33.3 Å². The van der Waals surface area contributed by atoms with Crippen molar-refractivity contribution in [2.45, 2.75) is 12.6 Å². The maximum absolute atomic E-state index is 13.1. The third-order valence-electron chi connectivity index (χ3n) is 3.95. The Balaban J connectivity index is 2.09. The van der Waals surface area contributed by atoms with Crippen LogP contribution in [0.25, 0.3) is 0 Å². The van der Waals surface area contributed by atoms with Gasteiger partial charge < -0.3 is 9.64 Å². The van der Waals surface area contributed by atoms with Crippen molar-refractivity contribution in [2.75, 3.05) is 46.4 Å². The molecular formula is C16H21F3N2O2. The van der Waals surface area contributed by atoms with Crippen molar-refractivity contribution in [3.8, 4) is 0 Å². The number of amides is 1. The Bertz CT molecular complexity index is 534. The number of benzene rings is 1. The summed E-state index contributed by atoms with van der Waals surface area (Å²) in [6.07, 6.45) is -3.79. The zero-order valence-corrected chi connectivity index (χ0v) is 13.1. The minimum absolute atomic E-state index is 0.273. The topological polar surface area (TPSA) is 32.8 Å². The fourth-order valence-electron chi connectivity index (χ4n) is 2.71. The minimum Gasteiger partial charge on any atom is -0.383 e. The van der Waals surface area contributed by atoms with Gasteiger partial charge in [0.1, 0.15) is 0 Å². The van der Waals surface area contributed by atoms with E-state index in [1.807, 2.05) is 0 Å². The maximum atomic E-state index is 13.1. The Labute approximate surface area is 133 Å². The third-order valence-corrected chi connectivity index (χ3v) is 3.95. The van der Waals surface area contributed by atoms with Crippen LogP contribution in [0.4, 0.5) is 13.2 Å². The summed E-state index contributed by atoms with van der Waals surface area (Å²) in [5, 5.41) is 0. The zero-order chi connectivity index (χ0) is 16.9. The summed E-state index contributed by atoms with van der Waals surface area (Å²) in [6.45, 7) is 3.71. The second-order valence-electron chi connectivity index (χ2n) is 5.52. The van der Waals surface area contributed by atoms with Crippen LogP contribution in [0.5, 0.6) is 0 Å². The molecule has 0 N–H and O–H groups in total. The molecule has 128 valence electrons. The molecule has 1 heterocycles. The molecule has 1 amide bonds. The van der Waals surface area contributed by atoms with E-state index in [0.717, 1.165) is 25.6 Å². The lowest BCUT2D eigenvalue weighted by Gasteiger charge is -2.23. The normalized spacial score (nSPS) is 17.1. The number of carbonyl (C=O) groups is 1. The lowest BCUT2D eigenvalue weighted by atomic mass is 10.1. The average molecular weight is 330 g/mol. The van der Waals surface area contributed by atoms with E-state index in [1.54, 1.807) is 7.11 Å². The Hall–Kier alpha value is -1.60. The lowest BCUT2D eigenvalue weighted by Crippen LogP contribution is -2.36. The van der Waals surface area contributed by atoms with Gasteiger partial charge in [0.2, 0.25) is 0 Å². The second kappa shape index (κ2) is 7.79. The first kappa shape index (κ1) is 17.7. The van der Waals surface area contributed by atoms with Crippen molar-refractivity contribution in [3.63, 3.8) is 0 Å². The molecule has 0 unspecified atom stereocenters. The quantitative estimate of drug-likeness (QED) is 0.850. The Morgan fingerprint density at radius 3 is 2.61 bits per heavy atom. The Morgan fingerprint density at radius 1 is 1.17 bits per heavy atom. The molecule has 0 aromatic heterocycles. The van der Waals surface area contributed by atoms with Crippen LogP contribution < -0.4 is 0 Å². The van der Waals surface area contributed by atoms with Crippen molar-refractivity contribution in [2.24, 2.45) is 0 Å². The smallest absolute Gasteiger partial charge is 0.383 e. The summed E-state index contributed by atoms with van der Waals surface area (Å²) in [5.41, 5.74) is -1.14. The number of hydrogen-bond acceptors (Lipinski definition) is 3. The molecule has 0 atom stereocenters. The predicted octanol–water partition coefficient (Wildman–Crippen LogP) is 2.50. The summed E-state index contributed by atoms with van der Waals surface area (Å²) in [7, 11) is 1.63. The van der Waals surface area contributed by atoms with Crippen LogP contribution in [-0.2, 0) is 10.9 Å². The van der Waals surface area contributed by atoms with E-state index in [-0.39, 0.29) is 5.56 Å². The molecule has 7 heteroatoms. The maximum Gasteiger partial charge on any atom is 0.417 e. The molecule has 0 bridgehead atoms. The van der Waals surface area contributed by atoms with Gasteiger partial charge in [-0.15, -0.1) is 0 Å². The highest BCUT2D eigenvalue weighted by atomic mass is 19.4. The molecule has 1 aromatic carbocycles. The van der Waals surface area contributed by atoms with Gasteiger partial charge in [0.05, 0.1) is 17.7 Å². The number of carbonyl (C=O) groups excluding carboxylic acids is 1. The second-order valence-corrected chi connectivity index (χ2v) is 5.52. The largest absolute Gasteiger partial charge is 0.417 e. The summed E-state index contributed by atoms with van der Waals surface area (Å²) in [4.78, 5) is 16.2. The number of alkyl halides is 3. The van der Waals surface area contributed by atoms with Crippen LogP contribution in [0, 0.1) is 0 Å². The van der Waals surface area contributed by atoms with E-state index >= 15 is 0 Å². The van der Waals surface area contributed by atoms with Gasteiger partial charge >= 0.3 is 6.18 Å². The summed E-state index contributed by atoms with van der Waals surface area (Å²) >= 11 is 0. The van der Waals surface area contributed by atoms with Crippen molar-refractivity contribution in [3.05, 3.63) is 35.4 Å². The highest BCUT2D eigenvalue weighted by Crippen LogP contribution is 2.32. The van der Waals surface area contributed by atoms with Crippen LogP contribution in [-0.4, -0.2) is 62.1 Å². The summed E-state index contributed by atoms with van der Waals surface area (Å²) < 4.78 is 44.2. The van der Waals surface area contributed by atoms with Gasteiger partial charge in [0.15, 0.2) is 0 Å². The fraction of sp³-hybridized carbons (Fsp3) is 0.562. The van der Waals surface area contributed by atoms with E-state index in [0.29, 0.717) is 26.2 Å². The molecule has 1 aliphatic heterocycles. The molecule has 4 nitrogen and oxygen atoms in total. The SMILES string of the molecule is COCCN1CCCN(C(=O)c2ccccc2C(F)(F)F)CC1. The van der Waals surface area contributed by atoms with Gasteiger partial charge in [0.25, 0.3) is 5.91 Å². The number of methoxy groups -OCH3 is 1. The average Bonchev–Trinajstić information content (AvgIpc) is 2.77. The molecule has 1 aromatic rings. The summed E-state index contributed by atoms with van der Waals surface area (Å²) in [6, 6.07) is 4.97. The van der Waals surface area contributed by atoms with Crippen molar-refractivity contribution < 1.29 is 22.7 Å². The number of ether oxygens (including phenoxy) is 1. The number of hydrogen-bond donors (Lipinski definition) is 0. The van der Waals surface area contributed by atoms with Crippen LogP contribution >= 0.6 is 0 Å². The first-order valence-electron chi connectivity index (χ1n) is 7.60. The molecule has 0 spiro atoms. The van der Waals surface area contributed by atoms with Gasteiger partial charge in [-0.2, -0.15) is 13.2 Å². The van der Waals surface area contributed by atoms with Gasteiger partial charge in [-0.05, 0) is 25.1 Å². The first-order valence-corrected chi connectivity index (χ1v) is 7.60. The standard InChI is InChI=1S/C16H21F3N2O2/c1-23-12-11-20-7-4-8-21(10-9-20)15(22)13-5-2-3-6-14(13)16(17,18)19/h2-3,5-6H,4,7-12H2,1H3. The van der Waals surface area contributed by atoms with E-state index in [9.17, 15) is 18.0 Å². The minimum atomic E-state index is -4.53. The van der Waals surface area contributed by atoms with Crippen LogP contribution in [0.3, 0.4) is 0 Å². The zero-order valence-electron chi connectivity index (χ0n) is 13.1. The van der Waals surface area contributed by atoms with Crippen LogP contribution in [0.15, 0.2) is 24.3 Å². The highest BCUT2D eigenvalue weighted by molar-refractivity contribution is 5.96. The Morgan fingerprint density at radius 2 is 1.91 bits per heavy atom. The molecular weight excluding hydrogens is 309 g/mol. The Kier molecular flexibility index (Phi) is 6.01. The van der Waals surface area contributed by atoms with E-state index in [1.165, 1.54) is 23.1 Å². The van der Waals surface area contributed by atoms with Crippen LogP contribution in [0.1, 0.15) is 22.3 Å². The van der Waals surface area contributed by atoms with E-state index in [4.69, 9.17) is 4.74 Å². The van der Waals surface area contributed by atoms with Gasteiger partial charge in [-0.25, -0.2) is 0 Å². The highest BCUT2D eigenvalue weighted by Gasteiger charge is 2.36. The number of halogens is 3. The molecule has 0 aliphatic carbocycles. The predicted molar refractivity (Wildman–Crippen MR) is 80.3 cm³/mol. The molecule has 0 saturated carbocycles.